The zero-order chi connectivity index (χ0) is 26.6. The summed E-state index contributed by atoms with van der Waals surface area (Å²) in [5, 5.41) is 4.56. The van der Waals surface area contributed by atoms with Crippen LogP contribution >= 0.6 is 0 Å². The summed E-state index contributed by atoms with van der Waals surface area (Å²) in [4.78, 5) is 19.6. The van der Waals surface area contributed by atoms with Gasteiger partial charge >= 0.3 is 6.09 Å². The molecule has 3 aromatic rings. The minimum atomic E-state index is -1.83. The molecule has 0 atom stereocenters. The highest BCUT2D eigenvalue weighted by Gasteiger charge is 2.36. The molecule has 2 aromatic heterocycles. The lowest BCUT2D eigenvalue weighted by molar-refractivity contribution is 0.0548. The van der Waals surface area contributed by atoms with E-state index in [4.69, 9.17) is 18.9 Å². The van der Waals surface area contributed by atoms with Crippen molar-refractivity contribution in [1.82, 2.24) is 14.6 Å². The van der Waals surface area contributed by atoms with Crippen LogP contribution < -0.4 is 4.90 Å². The highest BCUT2D eigenvalue weighted by molar-refractivity contribution is 6.74. The van der Waals surface area contributed by atoms with Crippen molar-refractivity contribution in [3.8, 4) is 11.3 Å². The molecule has 36 heavy (non-hydrogen) atoms. The molecular formula is C27H40N4O4Si. The van der Waals surface area contributed by atoms with Gasteiger partial charge in [0.05, 0.1) is 38.3 Å². The van der Waals surface area contributed by atoms with Crippen LogP contribution in [0.4, 0.5) is 10.6 Å². The van der Waals surface area contributed by atoms with Gasteiger partial charge in [-0.05, 0) is 38.9 Å². The predicted molar refractivity (Wildman–Crippen MR) is 146 cm³/mol. The molecule has 0 aliphatic heterocycles. The summed E-state index contributed by atoms with van der Waals surface area (Å²) in [6, 6.07) is 13.5. The van der Waals surface area contributed by atoms with E-state index in [1.807, 2.05) is 63.2 Å². The Morgan fingerprint density at radius 3 is 2.33 bits per heavy atom. The summed E-state index contributed by atoms with van der Waals surface area (Å²) < 4.78 is 19.5. The fraction of sp³-hybridized carbons (Fsp3) is 0.519. The van der Waals surface area contributed by atoms with Gasteiger partial charge in [-0.2, -0.15) is 9.61 Å². The molecule has 9 heteroatoms. The third-order valence-corrected chi connectivity index (χ3v) is 10.8. The maximum Gasteiger partial charge on any atom is 0.416 e. The van der Waals surface area contributed by atoms with Crippen molar-refractivity contribution in [1.29, 1.82) is 0 Å². The van der Waals surface area contributed by atoms with Gasteiger partial charge in [0, 0.05) is 17.7 Å². The quantitative estimate of drug-likeness (QED) is 0.252. The third-order valence-electron chi connectivity index (χ3n) is 6.26. The van der Waals surface area contributed by atoms with Crippen molar-refractivity contribution < 1.29 is 18.7 Å². The smallest absolute Gasteiger partial charge is 0.416 e. The molecule has 2 heterocycles. The van der Waals surface area contributed by atoms with E-state index in [2.05, 4.69) is 39.0 Å². The van der Waals surface area contributed by atoms with E-state index in [1.54, 1.807) is 15.6 Å². The first-order valence-electron chi connectivity index (χ1n) is 12.4. The lowest BCUT2D eigenvalue weighted by Crippen LogP contribution is -2.42. The first-order valence-corrected chi connectivity index (χ1v) is 15.3. The van der Waals surface area contributed by atoms with E-state index in [0.717, 1.165) is 11.3 Å². The van der Waals surface area contributed by atoms with Crippen LogP contribution in [0.3, 0.4) is 0 Å². The largest absolute Gasteiger partial charge is 0.443 e. The molecule has 0 radical (unpaired) electrons. The van der Waals surface area contributed by atoms with Crippen LogP contribution in [0.2, 0.25) is 18.1 Å². The van der Waals surface area contributed by atoms with Gasteiger partial charge in [0.1, 0.15) is 11.4 Å². The monoisotopic (exact) mass is 512 g/mol. The van der Waals surface area contributed by atoms with Crippen molar-refractivity contribution in [3.63, 3.8) is 0 Å². The molecule has 0 aliphatic rings. The van der Waals surface area contributed by atoms with Crippen LogP contribution in [-0.4, -0.2) is 61.0 Å². The molecule has 0 saturated heterocycles. The molecule has 0 spiro atoms. The SMILES string of the molecule is CC(C)(C)OC(=O)N(CCOCCO[Si](C)(C)C(C)(C)C)c1cc(-c2ccccc2)nc2ccnn12. The van der Waals surface area contributed by atoms with E-state index < -0.39 is 20.0 Å². The Morgan fingerprint density at radius 2 is 1.69 bits per heavy atom. The molecular weight excluding hydrogens is 472 g/mol. The number of ether oxygens (including phenoxy) is 2. The summed E-state index contributed by atoms with van der Waals surface area (Å²) in [5.41, 5.74) is 1.69. The van der Waals surface area contributed by atoms with Crippen LogP contribution in [-0.2, 0) is 13.9 Å². The first-order chi connectivity index (χ1) is 16.8. The molecule has 0 saturated carbocycles. The van der Waals surface area contributed by atoms with Crippen LogP contribution in [0.5, 0.6) is 0 Å². The Bertz CT molecular complexity index is 1150. The number of hydrogen-bond acceptors (Lipinski definition) is 6. The average Bonchev–Trinajstić information content (AvgIpc) is 3.25. The zero-order valence-electron chi connectivity index (χ0n) is 22.9. The maximum absolute atomic E-state index is 13.3. The van der Waals surface area contributed by atoms with Gasteiger partial charge < -0.3 is 13.9 Å². The molecule has 8 nitrogen and oxygen atoms in total. The Balaban J connectivity index is 1.79. The summed E-state index contributed by atoms with van der Waals surface area (Å²) in [7, 11) is -1.83. The number of hydrogen-bond donors (Lipinski definition) is 0. The van der Waals surface area contributed by atoms with Crippen molar-refractivity contribution in [2.24, 2.45) is 0 Å². The van der Waals surface area contributed by atoms with Crippen molar-refractivity contribution in [2.75, 3.05) is 31.3 Å². The van der Waals surface area contributed by atoms with Crippen LogP contribution in [0.15, 0.2) is 48.7 Å². The highest BCUT2D eigenvalue weighted by Crippen LogP contribution is 2.36. The zero-order valence-corrected chi connectivity index (χ0v) is 23.9. The molecule has 0 fully saturated rings. The summed E-state index contributed by atoms with van der Waals surface area (Å²) in [6.45, 7) is 18.2. The molecule has 0 bridgehead atoms. The molecule has 0 aliphatic carbocycles. The van der Waals surface area contributed by atoms with Crippen molar-refractivity contribution in [3.05, 3.63) is 48.7 Å². The number of aromatic nitrogens is 3. The van der Waals surface area contributed by atoms with Crippen LogP contribution in [0.1, 0.15) is 41.5 Å². The normalized spacial score (nSPS) is 12.7. The van der Waals surface area contributed by atoms with E-state index in [-0.39, 0.29) is 5.04 Å². The number of rotatable bonds is 9. The van der Waals surface area contributed by atoms with E-state index >= 15 is 0 Å². The second-order valence-corrected chi connectivity index (χ2v) is 16.1. The lowest BCUT2D eigenvalue weighted by atomic mass is 10.1. The lowest BCUT2D eigenvalue weighted by Gasteiger charge is -2.36. The second kappa shape index (κ2) is 11.1. The number of amides is 1. The standard InChI is InChI=1S/C27H40N4O4Si/c1-26(2,3)35-25(32)30(16-17-33-18-19-34-36(7,8)27(4,5)6)24-20-22(21-12-10-9-11-13-21)29-23-14-15-28-31(23)24/h9-15,20H,16-19H2,1-8H3. The Morgan fingerprint density at radius 1 is 1.00 bits per heavy atom. The second-order valence-electron chi connectivity index (χ2n) is 11.3. The van der Waals surface area contributed by atoms with Gasteiger partial charge in [0.25, 0.3) is 0 Å². The number of fused-ring (bicyclic) bond motifs is 1. The minimum Gasteiger partial charge on any atom is -0.443 e. The number of nitrogens with zero attached hydrogens (tertiary/aromatic N) is 4. The van der Waals surface area contributed by atoms with E-state index in [9.17, 15) is 4.79 Å². The fourth-order valence-electron chi connectivity index (χ4n) is 3.29. The Kier molecular flexibility index (Phi) is 8.58. The predicted octanol–water partition coefficient (Wildman–Crippen LogP) is 6.18. The Hall–Kier alpha value is -2.75. The molecule has 3 rings (SSSR count). The number of carbonyl (C=O) groups is 1. The van der Waals surface area contributed by atoms with Gasteiger partial charge in [-0.15, -0.1) is 0 Å². The molecule has 1 aromatic carbocycles. The molecule has 1 amide bonds. The minimum absolute atomic E-state index is 0.146. The number of anilines is 1. The summed E-state index contributed by atoms with van der Waals surface area (Å²) >= 11 is 0. The van der Waals surface area contributed by atoms with Crippen LogP contribution in [0, 0.1) is 0 Å². The van der Waals surface area contributed by atoms with Gasteiger partial charge in [-0.25, -0.2) is 9.78 Å². The number of benzene rings is 1. The highest BCUT2D eigenvalue weighted by atomic mass is 28.4. The summed E-state index contributed by atoms with van der Waals surface area (Å²) in [5.74, 6) is 0.569. The number of carbonyl (C=O) groups excluding carboxylic acids is 1. The van der Waals surface area contributed by atoms with E-state index in [0.29, 0.717) is 37.8 Å². The maximum atomic E-state index is 13.3. The van der Waals surface area contributed by atoms with Gasteiger partial charge in [-0.3, -0.25) is 4.90 Å². The first kappa shape index (κ1) is 27.8. The van der Waals surface area contributed by atoms with Crippen molar-refractivity contribution >= 4 is 25.9 Å². The molecule has 0 N–H and O–H groups in total. The van der Waals surface area contributed by atoms with Gasteiger partial charge in [0.2, 0.25) is 0 Å². The third kappa shape index (κ3) is 7.15. The topological polar surface area (TPSA) is 78.2 Å². The summed E-state index contributed by atoms with van der Waals surface area (Å²) in [6.07, 6.45) is 1.20. The molecule has 0 unspecified atom stereocenters. The Labute approximate surface area is 215 Å². The van der Waals surface area contributed by atoms with E-state index in [1.165, 1.54) is 0 Å². The fourth-order valence-corrected chi connectivity index (χ4v) is 4.32. The van der Waals surface area contributed by atoms with Gasteiger partial charge in [0.15, 0.2) is 14.0 Å². The van der Waals surface area contributed by atoms with Crippen LogP contribution in [0.25, 0.3) is 16.9 Å². The average molecular weight is 513 g/mol. The molecule has 196 valence electrons. The van der Waals surface area contributed by atoms with Crippen molar-refractivity contribution in [2.45, 2.75) is 65.3 Å². The van der Waals surface area contributed by atoms with Gasteiger partial charge in [-0.1, -0.05) is 51.1 Å².